The van der Waals surface area contributed by atoms with Gasteiger partial charge in [-0.05, 0) is 36.6 Å². The van der Waals surface area contributed by atoms with Crippen LogP contribution in [-0.4, -0.2) is 25.3 Å². The Hall–Kier alpha value is -1.29. The Morgan fingerprint density at radius 1 is 1.15 bits per heavy atom. The van der Waals surface area contributed by atoms with Crippen LogP contribution in [0.15, 0.2) is 24.3 Å². The number of ketones is 1. The zero-order chi connectivity index (χ0) is 14.8. The van der Waals surface area contributed by atoms with Crippen LogP contribution in [0.1, 0.15) is 31.2 Å². The number of hydrogen-bond donors (Lipinski definition) is 0. The van der Waals surface area contributed by atoms with Gasteiger partial charge in [-0.15, -0.1) is 0 Å². The molecule has 3 nitrogen and oxygen atoms in total. The number of benzene rings is 1. The topological polar surface area (TPSA) is 35.5 Å². The van der Waals surface area contributed by atoms with Crippen LogP contribution >= 0.6 is 15.9 Å². The number of halogens is 1. The molecular formula is C16H21BrO3. The van der Waals surface area contributed by atoms with E-state index in [2.05, 4.69) is 15.9 Å². The Labute approximate surface area is 129 Å². The molecule has 0 radical (unpaired) electrons. The van der Waals surface area contributed by atoms with Crippen LogP contribution < -0.4 is 9.47 Å². The summed E-state index contributed by atoms with van der Waals surface area (Å²) in [5, 5.41) is 1.00. The lowest BCUT2D eigenvalue weighted by Gasteiger charge is -2.07. The summed E-state index contributed by atoms with van der Waals surface area (Å²) in [6.07, 6.45) is 7.20. The molecule has 0 saturated heterocycles. The molecule has 0 aromatic heterocycles. The van der Waals surface area contributed by atoms with Crippen LogP contribution in [0.2, 0.25) is 0 Å². The van der Waals surface area contributed by atoms with Crippen molar-refractivity contribution >= 4 is 27.8 Å². The van der Waals surface area contributed by atoms with Gasteiger partial charge in [-0.3, -0.25) is 4.79 Å². The molecule has 110 valence electrons. The number of alkyl halides is 1. The van der Waals surface area contributed by atoms with E-state index in [0.717, 1.165) is 30.2 Å². The minimum absolute atomic E-state index is 0.161. The highest BCUT2D eigenvalue weighted by Crippen LogP contribution is 2.27. The smallest absolute Gasteiger partial charge is 0.161 e. The second-order valence-corrected chi connectivity index (χ2v) is 5.21. The third-order valence-corrected chi connectivity index (χ3v) is 3.49. The van der Waals surface area contributed by atoms with Gasteiger partial charge < -0.3 is 9.47 Å². The molecule has 0 amide bonds. The van der Waals surface area contributed by atoms with Crippen molar-refractivity contribution in [2.24, 2.45) is 0 Å². The number of carbonyl (C=O) groups is 1. The minimum atomic E-state index is 0.161. The molecular weight excluding hydrogens is 320 g/mol. The highest BCUT2D eigenvalue weighted by atomic mass is 79.9. The summed E-state index contributed by atoms with van der Waals surface area (Å²) in [6, 6.07) is 5.59. The normalized spacial score (nSPS) is 10.8. The molecule has 4 heteroatoms. The lowest BCUT2D eigenvalue weighted by atomic mass is 10.1. The summed E-state index contributed by atoms with van der Waals surface area (Å²) in [4.78, 5) is 11.7. The van der Waals surface area contributed by atoms with Crippen molar-refractivity contribution in [3.8, 4) is 11.5 Å². The quantitative estimate of drug-likeness (QED) is 0.383. The summed E-state index contributed by atoms with van der Waals surface area (Å²) < 4.78 is 10.4. The molecule has 0 aliphatic rings. The zero-order valence-corrected chi connectivity index (χ0v) is 13.6. The van der Waals surface area contributed by atoms with Crippen LogP contribution in [0.3, 0.4) is 0 Å². The fraction of sp³-hybridized carbons (Fsp3) is 0.438. The molecule has 0 atom stereocenters. The minimum Gasteiger partial charge on any atom is -0.493 e. The van der Waals surface area contributed by atoms with E-state index < -0.39 is 0 Å². The van der Waals surface area contributed by atoms with E-state index >= 15 is 0 Å². The van der Waals surface area contributed by atoms with E-state index in [1.165, 1.54) is 0 Å². The average Bonchev–Trinajstić information content (AvgIpc) is 2.49. The number of unbranched alkanes of at least 4 members (excludes halogenated alkanes) is 2. The van der Waals surface area contributed by atoms with Gasteiger partial charge in [0, 0.05) is 11.8 Å². The second kappa shape index (κ2) is 9.59. The fourth-order valence-corrected chi connectivity index (χ4v) is 2.20. The molecule has 1 aromatic carbocycles. The van der Waals surface area contributed by atoms with Crippen molar-refractivity contribution < 1.29 is 14.3 Å². The summed E-state index contributed by atoms with van der Waals surface area (Å²) >= 11 is 3.38. The van der Waals surface area contributed by atoms with E-state index in [-0.39, 0.29) is 5.78 Å². The lowest BCUT2D eigenvalue weighted by molar-refractivity contribution is -0.114. The molecule has 20 heavy (non-hydrogen) atoms. The summed E-state index contributed by atoms with van der Waals surface area (Å²) in [5.41, 5.74) is 0.927. The SMILES string of the molecule is COc1ccc(C=CC(=O)CCCCCBr)cc1OC. The highest BCUT2D eigenvalue weighted by Gasteiger charge is 2.03. The van der Waals surface area contributed by atoms with E-state index in [4.69, 9.17) is 9.47 Å². The second-order valence-electron chi connectivity index (χ2n) is 4.41. The van der Waals surface area contributed by atoms with Gasteiger partial charge in [-0.1, -0.05) is 34.5 Å². The van der Waals surface area contributed by atoms with Crippen LogP contribution in [0.25, 0.3) is 6.08 Å². The van der Waals surface area contributed by atoms with Gasteiger partial charge in [0.25, 0.3) is 0 Å². The van der Waals surface area contributed by atoms with Crippen LogP contribution in [0.5, 0.6) is 11.5 Å². The monoisotopic (exact) mass is 340 g/mol. The number of allylic oxidation sites excluding steroid dienone is 1. The van der Waals surface area contributed by atoms with Crippen LogP contribution in [0.4, 0.5) is 0 Å². The molecule has 1 rings (SSSR count). The molecule has 0 saturated carbocycles. The van der Waals surface area contributed by atoms with Crippen molar-refractivity contribution in [2.45, 2.75) is 25.7 Å². The molecule has 0 unspecified atom stereocenters. The third-order valence-electron chi connectivity index (χ3n) is 2.93. The third kappa shape index (κ3) is 5.78. The predicted octanol–water partition coefficient (Wildman–Crippen LogP) is 4.24. The van der Waals surface area contributed by atoms with Crippen LogP contribution in [-0.2, 0) is 4.79 Å². The number of methoxy groups -OCH3 is 2. The lowest BCUT2D eigenvalue weighted by Crippen LogP contribution is -1.93. The largest absolute Gasteiger partial charge is 0.493 e. The van der Waals surface area contributed by atoms with E-state index in [1.54, 1.807) is 20.3 Å². The first kappa shape index (κ1) is 16.8. The van der Waals surface area contributed by atoms with Gasteiger partial charge in [-0.2, -0.15) is 0 Å². The van der Waals surface area contributed by atoms with E-state index in [9.17, 15) is 4.79 Å². The Bertz CT molecular complexity index is 455. The molecule has 0 N–H and O–H groups in total. The molecule has 0 aliphatic carbocycles. The average molecular weight is 341 g/mol. The van der Waals surface area contributed by atoms with Crippen molar-refractivity contribution in [3.05, 3.63) is 29.8 Å². The maximum atomic E-state index is 11.7. The predicted molar refractivity (Wildman–Crippen MR) is 85.8 cm³/mol. The van der Waals surface area contributed by atoms with Crippen molar-refractivity contribution in [1.82, 2.24) is 0 Å². The number of hydrogen-bond acceptors (Lipinski definition) is 3. The summed E-state index contributed by atoms with van der Waals surface area (Å²) in [6.45, 7) is 0. The van der Waals surface area contributed by atoms with Crippen molar-refractivity contribution in [1.29, 1.82) is 0 Å². The van der Waals surface area contributed by atoms with Gasteiger partial charge in [0.2, 0.25) is 0 Å². The van der Waals surface area contributed by atoms with Crippen molar-refractivity contribution in [3.63, 3.8) is 0 Å². The molecule has 0 heterocycles. The Morgan fingerprint density at radius 2 is 1.90 bits per heavy atom. The van der Waals surface area contributed by atoms with Gasteiger partial charge in [0.15, 0.2) is 17.3 Å². The summed E-state index contributed by atoms with van der Waals surface area (Å²) in [5.74, 6) is 1.51. The molecule has 0 spiro atoms. The van der Waals surface area contributed by atoms with E-state index in [0.29, 0.717) is 17.9 Å². The number of rotatable bonds is 9. The number of carbonyl (C=O) groups excluding carboxylic acids is 1. The maximum Gasteiger partial charge on any atom is 0.161 e. The van der Waals surface area contributed by atoms with Gasteiger partial charge >= 0.3 is 0 Å². The first-order valence-corrected chi connectivity index (χ1v) is 7.82. The first-order valence-electron chi connectivity index (χ1n) is 6.70. The zero-order valence-electron chi connectivity index (χ0n) is 12.0. The molecule has 0 fully saturated rings. The van der Waals surface area contributed by atoms with Gasteiger partial charge in [-0.25, -0.2) is 0 Å². The van der Waals surface area contributed by atoms with Crippen molar-refractivity contribution in [2.75, 3.05) is 19.5 Å². The summed E-state index contributed by atoms with van der Waals surface area (Å²) in [7, 11) is 3.20. The maximum absolute atomic E-state index is 11.7. The van der Waals surface area contributed by atoms with Gasteiger partial charge in [0.05, 0.1) is 14.2 Å². The fourth-order valence-electron chi connectivity index (χ4n) is 1.80. The Morgan fingerprint density at radius 3 is 2.55 bits per heavy atom. The van der Waals surface area contributed by atoms with Crippen LogP contribution in [0, 0.1) is 0 Å². The highest BCUT2D eigenvalue weighted by molar-refractivity contribution is 9.09. The first-order chi connectivity index (χ1) is 9.71. The standard InChI is InChI=1S/C16H21BrO3/c1-19-15-10-8-13(12-16(15)20-2)7-9-14(18)6-4-3-5-11-17/h7-10,12H,3-6,11H2,1-2H3. The molecule has 0 bridgehead atoms. The molecule has 0 aliphatic heterocycles. The molecule has 1 aromatic rings. The number of ether oxygens (including phenoxy) is 2. The Kier molecular flexibility index (Phi) is 8.04. The van der Waals surface area contributed by atoms with Gasteiger partial charge in [0.1, 0.15) is 0 Å². The Balaban J connectivity index is 2.54. The van der Waals surface area contributed by atoms with E-state index in [1.807, 2.05) is 24.3 Å².